The molecule has 5 heteroatoms. The first-order valence-corrected chi connectivity index (χ1v) is 7.07. The van der Waals surface area contributed by atoms with Gasteiger partial charge in [-0.25, -0.2) is 4.98 Å². The number of piperidine rings is 1. The first-order valence-electron chi connectivity index (χ1n) is 6.69. The van der Waals surface area contributed by atoms with Crippen molar-refractivity contribution in [3.05, 3.63) is 29.0 Å². The lowest BCUT2D eigenvalue weighted by molar-refractivity contribution is -0.144. The molecule has 0 spiro atoms. The topological polar surface area (TPSA) is 42.4 Å². The van der Waals surface area contributed by atoms with E-state index in [1.165, 1.54) is 0 Å². The molecule has 2 rings (SSSR count). The van der Waals surface area contributed by atoms with E-state index in [9.17, 15) is 4.79 Å². The number of halogens is 1. The number of hydrogen-bond acceptors (Lipinski definition) is 4. The summed E-state index contributed by atoms with van der Waals surface area (Å²) in [7, 11) is 0. The summed E-state index contributed by atoms with van der Waals surface area (Å²) in [6.45, 7) is 4.47. The van der Waals surface area contributed by atoms with E-state index >= 15 is 0 Å². The molecule has 0 atom stereocenters. The van der Waals surface area contributed by atoms with Gasteiger partial charge in [0.15, 0.2) is 0 Å². The monoisotopic (exact) mass is 282 g/mol. The molecule has 1 aliphatic rings. The van der Waals surface area contributed by atoms with Gasteiger partial charge < -0.3 is 4.74 Å². The minimum Gasteiger partial charge on any atom is -0.465 e. The van der Waals surface area contributed by atoms with Gasteiger partial charge in [-0.2, -0.15) is 0 Å². The number of likely N-dealkylation sites (tertiary alicyclic amines) is 1. The smallest absolute Gasteiger partial charge is 0.320 e. The highest BCUT2D eigenvalue weighted by Crippen LogP contribution is 2.27. The van der Waals surface area contributed by atoms with Crippen molar-refractivity contribution in [3.8, 4) is 0 Å². The number of carbonyl (C=O) groups excluding carboxylic acids is 1. The standard InChI is InChI=1S/C14H19ClN2O2/c1-2-19-14(18)10-17-8-6-11(7-9-17)12-4-3-5-13(15)16-12/h3-5,11H,2,6-10H2,1H3. The molecule has 2 heterocycles. The largest absolute Gasteiger partial charge is 0.465 e. The fourth-order valence-electron chi connectivity index (χ4n) is 2.43. The molecule has 0 bridgehead atoms. The van der Waals surface area contributed by atoms with Gasteiger partial charge in [0, 0.05) is 11.6 Å². The van der Waals surface area contributed by atoms with Crippen molar-refractivity contribution in [1.82, 2.24) is 9.88 Å². The van der Waals surface area contributed by atoms with Crippen LogP contribution < -0.4 is 0 Å². The van der Waals surface area contributed by atoms with E-state index in [0.717, 1.165) is 31.6 Å². The van der Waals surface area contributed by atoms with Crippen LogP contribution in [0.3, 0.4) is 0 Å². The fraction of sp³-hybridized carbons (Fsp3) is 0.571. The van der Waals surface area contributed by atoms with E-state index in [2.05, 4.69) is 9.88 Å². The highest BCUT2D eigenvalue weighted by molar-refractivity contribution is 6.29. The molecule has 1 aromatic heterocycles. The predicted octanol–water partition coefficient (Wildman–Crippen LogP) is 2.48. The Morgan fingerprint density at radius 3 is 2.84 bits per heavy atom. The van der Waals surface area contributed by atoms with Crippen LogP contribution in [0.4, 0.5) is 0 Å². The summed E-state index contributed by atoms with van der Waals surface area (Å²) in [5, 5.41) is 0.548. The average Bonchev–Trinajstić information content (AvgIpc) is 2.40. The van der Waals surface area contributed by atoms with Crippen molar-refractivity contribution < 1.29 is 9.53 Å². The Bertz CT molecular complexity index is 431. The zero-order valence-electron chi connectivity index (χ0n) is 11.1. The minimum atomic E-state index is -0.137. The van der Waals surface area contributed by atoms with Gasteiger partial charge in [-0.15, -0.1) is 0 Å². The molecular formula is C14H19ClN2O2. The number of carbonyl (C=O) groups is 1. The van der Waals surface area contributed by atoms with Crippen molar-refractivity contribution >= 4 is 17.6 Å². The van der Waals surface area contributed by atoms with Gasteiger partial charge in [0.05, 0.1) is 13.2 Å². The summed E-state index contributed by atoms with van der Waals surface area (Å²) in [6, 6.07) is 5.76. The summed E-state index contributed by atoms with van der Waals surface area (Å²) in [6.07, 6.45) is 2.01. The van der Waals surface area contributed by atoms with Gasteiger partial charge in [-0.3, -0.25) is 9.69 Å². The van der Waals surface area contributed by atoms with Gasteiger partial charge >= 0.3 is 5.97 Å². The molecule has 1 fully saturated rings. The summed E-state index contributed by atoms with van der Waals surface area (Å²) >= 11 is 5.91. The third-order valence-corrected chi connectivity index (χ3v) is 3.61. The van der Waals surface area contributed by atoms with Crippen molar-refractivity contribution in [2.75, 3.05) is 26.2 Å². The molecule has 1 saturated heterocycles. The normalized spacial score (nSPS) is 17.4. The Kier molecular flexibility index (Phi) is 5.16. The van der Waals surface area contributed by atoms with Crippen LogP contribution >= 0.6 is 11.6 Å². The lowest BCUT2D eigenvalue weighted by atomic mass is 9.93. The van der Waals surface area contributed by atoms with E-state index in [0.29, 0.717) is 24.2 Å². The molecule has 0 saturated carbocycles. The van der Waals surface area contributed by atoms with Crippen LogP contribution in [-0.2, 0) is 9.53 Å². The molecule has 0 unspecified atom stereocenters. The Labute approximate surface area is 118 Å². The summed E-state index contributed by atoms with van der Waals surface area (Å²) < 4.78 is 4.96. The first-order chi connectivity index (χ1) is 9.19. The molecule has 0 N–H and O–H groups in total. The maximum absolute atomic E-state index is 11.4. The number of esters is 1. The molecule has 0 radical (unpaired) electrons. The fourth-order valence-corrected chi connectivity index (χ4v) is 2.60. The number of nitrogens with zero attached hydrogens (tertiary/aromatic N) is 2. The molecule has 4 nitrogen and oxygen atoms in total. The van der Waals surface area contributed by atoms with Crippen LogP contribution in [0, 0.1) is 0 Å². The molecule has 0 aromatic carbocycles. The van der Waals surface area contributed by atoms with Crippen molar-refractivity contribution in [3.63, 3.8) is 0 Å². The quantitative estimate of drug-likeness (QED) is 0.628. The molecule has 0 amide bonds. The Hall–Kier alpha value is -1.13. The van der Waals surface area contributed by atoms with Crippen molar-refractivity contribution in [2.24, 2.45) is 0 Å². The van der Waals surface area contributed by atoms with Crippen molar-refractivity contribution in [2.45, 2.75) is 25.7 Å². The van der Waals surface area contributed by atoms with E-state index in [-0.39, 0.29) is 5.97 Å². The van der Waals surface area contributed by atoms with Gasteiger partial charge in [-0.1, -0.05) is 17.7 Å². The van der Waals surface area contributed by atoms with Gasteiger partial charge in [0.25, 0.3) is 0 Å². The second-order valence-electron chi connectivity index (χ2n) is 4.74. The maximum atomic E-state index is 11.4. The number of ether oxygens (including phenoxy) is 1. The second kappa shape index (κ2) is 6.87. The third kappa shape index (κ3) is 4.18. The summed E-state index contributed by atoms with van der Waals surface area (Å²) in [5.41, 5.74) is 1.06. The lowest BCUT2D eigenvalue weighted by Gasteiger charge is -2.30. The van der Waals surface area contributed by atoms with Crippen molar-refractivity contribution in [1.29, 1.82) is 0 Å². The van der Waals surface area contributed by atoms with Crippen LogP contribution in [0.1, 0.15) is 31.4 Å². The van der Waals surface area contributed by atoms with Gasteiger partial charge in [0.1, 0.15) is 5.15 Å². The summed E-state index contributed by atoms with van der Waals surface area (Å²) in [5.74, 6) is 0.305. The van der Waals surface area contributed by atoms with Crippen LogP contribution in [0.2, 0.25) is 5.15 Å². The predicted molar refractivity (Wildman–Crippen MR) is 74.3 cm³/mol. The number of aromatic nitrogens is 1. The number of pyridine rings is 1. The molecule has 19 heavy (non-hydrogen) atoms. The Balaban J connectivity index is 1.84. The molecule has 0 aliphatic carbocycles. The van der Waals surface area contributed by atoms with E-state index < -0.39 is 0 Å². The second-order valence-corrected chi connectivity index (χ2v) is 5.13. The number of rotatable bonds is 4. The average molecular weight is 283 g/mol. The first kappa shape index (κ1) is 14.3. The van der Waals surface area contributed by atoms with Crippen LogP contribution in [0.25, 0.3) is 0 Å². The minimum absolute atomic E-state index is 0.137. The maximum Gasteiger partial charge on any atom is 0.320 e. The SMILES string of the molecule is CCOC(=O)CN1CCC(c2cccc(Cl)n2)CC1. The lowest BCUT2D eigenvalue weighted by Crippen LogP contribution is -2.37. The molecular weight excluding hydrogens is 264 g/mol. The van der Waals surface area contributed by atoms with Gasteiger partial charge in [0.2, 0.25) is 0 Å². The third-order valence-electron chi connectivity index (χ3n) is 3.40. The summed E-state index contributed by atoms with van der Waals surface area (Å²) in [4.78, 5) is 17.9. The Morgan fingerprint density at radius 1 is 1.47 bits per heavy atom. The molecule has 1 aliphatic heterocycles. The van der Waals surface area contributed by atoms with E-state index in [1.54, 1.807) is 6.07 Å². The van der Waals surface area contributed by atoms with Crippen LogP contribution in [0.15, 0.2) is 18.2 Å². The van der Waals surface area contributed by atoms with E-state index in [4.69, 9.17) is 16.3 Å². The van der Waals surface area contributed by atoms with E-state index in [1.807, 2.05) is 19.1 Å². The number of hydrogen-bond donors (Lipinski definition) is 0. The highest BCUT2D eigenvalue weighted by Gasteiger charge is 2.23. The molecule has 104 valence electrons. The zero-order valence-corrected chi connectivity index (χ0v) is 11.9. The molecule has 1 aromatic rings. The van der Waals surface area contributed by atoms with Gasteiger partial charge in [-0.05, 0) is 45.0 Å². The van der Waals surface area contributed by atoms with Crippen LogP contribution in [0.5, 0.6) is 0 Å². The zero-order chi connectivity index (χ0) is 13.7. The highest BCUT2D eigenvalue weighted by atomic mass is 35.5. The Morgan fingerprint density at radius 2 is 2.21 bits per heavy atom. The van der Waals surface area contributed by atoms with Crippen LogP contribution in [-0.4, -0.2) is 42.1 Å².